The lowest BCUT2D eigenvalue weighted by Gasteiger charge is -2.07. The monoisotopic (exact) mass is 395 g/mol. The molecule has 1 heterocycles. The lowest BCUT2D eigenvalue weighted by atomic mass is 10.1. The van der Waals surface area contributed by atoms with Crippen LogP contribution in [0.4, 0.5) is 5.69 Å². The molecule has 1 aromatic heterocycles. The number of nitrogens with one attached hydrogen (secondary N) is 2. The number of benzene rings is 2. The van der Waals surface area contributed by atoms with Gasteiger partial charge in [0.05, 0.1) is 24.1 Å². The fraction of sp³-hybridized carbons (Fsp3) is 0.100. The van der Waals surface area contributed by atoms with E-state index in [1.165, 1.54) is 13.2 Å². The van der Waals surface area contributed by atoms with E-state index in [2.05, 4.69) is 20.0 Å². The molecular formula is C20H17N3O4S. The molecule has 28 heavy (non-hydrogen) atoms. The molecule has 0 fully saturated rings. The second-order valence-corrected chi connectivity index (χ2v) is 6.67. The molecule has 0 radical (unpaired) electrons. The van der Waals surface area contributed by atoms with Crippen LogP contribution in [0.15, 0.2) is 70.6 Å². The van der Waals surface area contributed by atoms with E-state index in [0.29, 0.717) is 22.1 Å². The number of aromatic amines is 1. The molecule has 0 aliphatic heterocycles. The van der Waals surface area contributed by atoms with Gasteiger partial charge in [-0.15, -0.1) is 0 Å². The number of anilines is 1. The van der Waals surface area contributed by atoms with E-state index in [1.54, 1.807) is 24.3 Å². The van der Waals surface area contributed by atoms with Crippen molar-refractivity contribution in [1.29, 1.82) is 0 Å². The van der Waals surface area contributed by atoms with Gasteiger partial charge in [0.15, 0.2) is 5.16 Å². The molecule has 0 unspecified atom stereocenters. The summed E-state index contributed by atoms with van der Waals surface area (Å²) in [6.45, 7) is 0. The number of esters is 1. The van der Waals surface area contributed by atoms with Crippen LogP contribution in [0.5, 0.6) is 0 Å². The van der Waals surface area contributed by atoms with Gasteiger partial charge in [-0.25, -0.2) is 9.78 Å². The van der Waals surface area contributed by atoms with Gasteiger partial charge in [-0.05, 0) is 24.3 Å². The first-order valence-electron chi connectivity index (χ1n) is 8.33. The zero-order chi connectivity index (χ0) is 19.9. The summed E-state index contributed by atoms with van der Waals surface area (Å²) in [6.07, 6.45) is 0. The second-order valence-electron chi connectivity index (χ2n) is 5.71. The number of hydrogen-bond donors (Lipinski definition) is 2. The predicted octanol–water partition coefficient (Wildman–Crippen LogP) is 2.95. The molecule has 3 rings (SSSR count). The Morgan fingerprint density at radius 2 is 1.82 bits per heavy atom. The molecular weight excluding hydrogens is 378 g/mol. The van der Waals surface area contributed by atoms with Gasteiger partial charge in [0.1, 0.15) is 0 Å². The number of carbonyl (C=O) groups is 2. The van der Waals surface area contributed by atoms with E-state index in [1.807, 2.05) is 30.3 Å². The summed E-state index contributed by atoms with van der Waals surface area (Å²) in [4.78, 5) is 42.5. The highest BCUT2D eigenvalue weighted by Gasteiger charge is 2.09. The van der Waals surface area contributed by atoms with Gasteiger partial charge >= 0.3 is 5.97 Å². The van der Waals surface area contributed by atoms with Gasteiger partial charge in [-0.3, -0.25) is 9.59 Å². The fourth-order valence-electron chi connectivity index (χ4n) is 2.40. The Balaban J connectivity index is 1.62. The van der Waals surface area contributed by atoms with E-state index >= 15 is 0 Å². The van der Waals surface area contributed by atoms with Crippen LogP contribution >= 0.6 is 11.8 Å². The predicted molar refractivity (Wildman–Crippen MR) is 107 cm³/mol. The highest BCUT2D eigenvalue weighted by Crippen LogP contribution is 2.19. The Morgan fingerprint density at radius 3 is 2.50 bits per heavy atom. The largest absolute Gasteiger partial charge is 0.465 e. The minimum Gasteiger partial charge on any atom is -0.465 e. The van der Waals surface area contributed by atoms with Crippen molar-refractivity contribution in [2.24, 2.45) is 0 Å². The van der Waals surface area contributed by atoms with Crippen molar-refractivity contribution in [3.8, 4) is 11.3 Å². The highest BCUT2D eigenvalue weighted by atomic mass is 32.2. The number of amides is 1. The summed E-state index contributed by atoms with van der Waals surface area (Å²) >= 11 is 1.13. The van der Waals surface area contributed by atoms with Crippen LogP contribution in [0.2, 0.25) is 0 Å². The molecule has 0 spiro atoms. The van der Waals surface area contributed by atoms with Gasteiger partial charge in [0, 0.05) is 17.3 Å². The van der Waals surface area contributed by atoms with E-state index in [-0.39, 0.29) is 17.2 Å². The first-order valence-corrected chi connectivity index (χ1v) is 9.31. The third-order valence-electron chi connectivity index (χ3n) is 3.72. The molecule has 142 valence electrons. The number of rotatable bonds is 6. The van der Waals surface area contributed by atoms with Crippen molar-refractivity contribution < 1.29 is 14.3 Å². The maximum Gasteiger partial charge on any atom is 0.337 e. The standard InChI is InChI=1S/C20H17N3O4S/c1-27-19(26)14-7-9-15(10-8-14)21-18(25)12-28-20-22-16(11-17(24)23-20)13-5-3-2-4-6-13/h2-11H,12H2,1H3,(H,21,25)(H,22,23,24). The van der Waals surface area contributed by atoms with Crippen molar-refractivity contribution in [1.82, 2.24) is 9.97 Å². The Hall–Kier alpha value is -3.39. The van der Waals surface area contributed by atoms with Gasteiger partial charge < -0.3 is 15.0 Å². The van der Waals surface area contributed by atoms with Gasteiger partial charge in [-0.1, -0.05) is 42.1 Å². The number of aromatic nitrogens is 2. The molecule has 0 aliphatic carbocycles. The van der Waals surface area contributed by atoms with Crippen LogP contribution in [-0.2, 0) is 9.53 Å². The minimum absolute atomic E-state index is 0.0694. The number of thioether (sulfide) groups is 1. The summed E-state index contributed by atoms with van der Waals surface area (Å²) < 4.78 is 4.63. The number of nitrogens with zero attached hydrogens (tertiary/aromatic N) is 1. The maximum absolute atomic E-state index is 12.2. The molecule has 0 atom stereocenters. The second kappa shape index (κ2) is 9.01. The quantitative estimate of drug-likeness (QED) is 0.378. The molecule has 0 bridgehead atoms. The van der Waals surface area contributed by atoms with Crippen molar-refractivity contribution in [3.05, 3.63) is 76.6 Å². The van der Waals surface area contributed by atoms with Gasteiger partial charge in [0.25, 0.3) is 5.56 Å². The normalized spacial score (nSPS) is 10.3. The van der Waals surface area contributed by atoms with Crippen LogP contribution in [0.25, 0.3) is 11.3 Å². The third kappa shape index (κ3) is 5.08. The Bertz CT molecular complexity index is 1030. The first-order chi connectivity index (χ1) is 13.5. The van der Waals surface area contributed by atoms with Crippen LogP contribution < -0.4 is 10.9 Å². The summed E-state index contributed by atoms with van der Waals surface area (Å²) in [7, 11) is 1.31. The summed E-state index contributed by atoms with van der Waals surface area (Å²) in [5.74, 6) is -0.634. The van der Waals surface area contributed by atoms with E-state index in [0.717, 1.165) is 17.3 Å². The van der Waals surface area contributed by atoms with E-state index in [4.69, 9.17) is 0 Å². The lowest BCUT2D eigenvalue weighted by Crippen LogP contribution is -2.15. The number of H-pyrrole nitrogens is 1. The highest BCUT2D eigenvalue weighted by molar-refractivity contribution is 7.99. The average Bonchev–Trinajstić information content (AvgIpc) is 2.72. The SMILES string of the molecule is COC(=O)c1ccc(NC(=O)CSc2nc(-c3ccccc3)cc(=O)[nH]2)cc1. The Labute approximate surface area is 165 Å². The summed E-state index contributed by atoms with van der Waals surface area (Å²) in [6, 6.07) is 17.1. The zero-order valence-corrected chi connectivity index (χ0v) is 15.8. The summed E-state index contributed by atoms with van der Waals surface area (Å²) in [5.41, 5.74) is 2.04. The number of methoxy groups -OCH3 is 1. The van der Waals surface area contributed by atoms with Crippen LogP contribution in [0.1, 0.15) is 10.4 Å². The minimum atomic E-state index is -0.443. The van der Waals surface area contributed by atoms with Crippen molar-refractivity contribution in [2.75, 3.05) is 18.2 Å². The van der Waals surface area contributed by atoms with Crippen LogP contribution in [0, 0.1) is 0 Å². The molecule has 2 aromatic carbocycles. The number of carbonyl (C=O) groups excluding carboxylic acids is 2. The molecule has 0 saturated heterocycles. The molecule has 2 N–H and O–H groups in total. The maximum atomic E-state index is 12.2. The molecule has 1 amide bonds. The average molecular weight is 395 g/mol. The number of hydrogen-bond acceptors (Lipinski definition) is 6. The smallest absolute Gasteiger partial charge is 0.337 e. The zero-order valence-electron chi connectivity index (χ0n) is 15.0. The molecule has 3 aromatic rings. The fourth-order valence-corrected chi connectivity index (χ4v) is 3.07. The summed E-state index contributed by atoms with van der Waals surface area (Å²) in [5, 5.41) is 3.09. The lowest BCUT2D eigenvalue weighted by molar-refractivity contribution is -0.113. The van der Waals surface area contributed by atoms with E-state index in [9.17, 15) is 14.4 Å². The topological polar surface area (TPSA) is 101 Å². The third-order valence-corrected chi connectivity index (χ3v) is 4.59. The van der Waals surface area contributed by atoms with Crippen molar-refractivity contribution in [3.63, 3.8) is 0 Å². The number of ether oxygens (including phenoxy) is 1. The van der Waals surface area contributed by atoms with Crippen molar-refractivity contribution >= 4 is 29.3 Å². The van der Waals surface area contributed by atoms with Crippen LogP contribution in [-0.4, -0.2) is 34.7 Å². The first kappa shape index (κ1) is 19.4. The molecule has 0 saturated carbocycles. The molecule has 0 aliphatic rings. The Kier molecular flexibility index (Phi) is 6.23. The molecule has 8 heteroatoms. The van der Waals surface area contributed by atoms with Crippen molar-refractivity contribution in [2.45, 2.75) is 5.16 Å². The molecule has 7 nitrogen and oxygen atoms in total. The van der Waals surface area contributed by atoms with E-state index < -0.39 is 5.97 Å². The van der Waals surface area contributed by atoms with Crippen LogP contribution in [0.3, 0.4) is 0 Å². The Morgan fingerprint density at radius 1 is 1.11 bits per heavy atom. The van der Waals surface area contributed by atoms with Gasteiger partial charge in [0.2, 0.25) is 5.91 Å². The van der Waals surface area contributed by atoms with Gasteiger partial charge in [-0.2, -0.15) is 0 Å².